The van der Waals surface area contributed by atoms with E-state index >= 15 is 0 Å². The van der Waals surface area contributed by atoms with Crippen LogP contribution < -0.4 is 20.9 Å². The molecule has 166 valence electrons. The predicted octanol–water partition coefficient (Wildman–Crippen LogP) is 2.82. The minimum atomic E-state index is -0.798. The SMILES string of the molecule is Cc1cccc(C)c1OCc1ccc(C(=O)O/N=C(\N)c2ccc(OCC(N)=O)cc2)o1. The number of carbonyl (C=O) groups excluding carboxylic acids is 2. The number of nitrogens with two attached hydrogens (primary N) is 2. The molecule has 0 saturated heterocycles. The van der Waals surface area contributed by atoms with Gasteiger partial charge in [0.25, 0.3) is 5.91 Å². The van der Waals surface area contributed by atoms with Crippen molar-refractivity contribution in [3.63, 3.8) is 0 Å². The number of primary amides is 1. The standard InChI is InChI=1S/C23H23N3O6/c1-14-4-3-5-15(2)21(14)30-12-18-10-11-19(31-18)23(28)32-26-22(25)16-6-8-17(9-7-16)29-13-20(24)27/h3-11H,12-13H2,1-2H3,(H2,24,27)(H2,25,26). The molecule has 0 atom stereocenters. The average Bonchev–Trinajstić information content (AvgIpc) is 3.25. The van der Waals surface area contributed by atoms with Crippen LogP contribution in [0.1, 0.15) is 33.0 Å². The molecule has 1 amide bonds. The molecule has 0 spiro atoms. The second kappa shape index (κ2) is 10.2. The summed E-state index contributed by atoms with van der Waals surface area (Å²) in [4.78, 5) is 27.8. The first-order valence-electron chi connectivity index (χ1n) is 9.67. The van der Waals surface area contributed by atoms with Crippen molar-refractivity contribution in [3.05, 3.63) is 82.8 Å². The highest BCUT2D eigenvalue weighted by molar-refractivity contribution is 5.98. The summed E-state index contributed by atoms with van der Waals surface area (Å²) in [5.41, 5.74) is 13.4. The van der Waals surface area contributed by atoms with Gasteiger partial charge in [-0.05, 0) is 61.4 Å². The van der Waals surface area contributed by atoms with Gasteiger partial charge in [0.15, 0.2) is 12.4 Å². The Morgan fingerprint density at radius 1 is 0.938 bits per heavy atom. The van der Waals surface area contributed by atoms with Crippen LogP contribution in [0.15, 0.2) is 64.2 Å². The van der Waals surface area contributed by atoms with Crippen molar-refractivity contribution in [1.29, 1.82) is 0 Å². The maximum atomic E-state index is 12.2. The van der Waals surface area contributed by atoms with Gasteiger partial charge in [0.05, 0.1) is 0 Å². The van der Waals surface area contributed by atoms with Gasteiger partial charge in [0, 0.05) is 5.56 Å². The summed E-state index contributed by atoms with van der Waals surface area (Å²) in [6.45, 7) is 3.84. The third kappa shape index (κ3) is 5.88. The molecule has 0 aliphatic rings. The minimum absolute atomic E-state index is 0.0232. The van der Waals surface area contributed by atoms with Crippen molar-refractivity contribution in [1.82, 2.24) is 0 Å². The average molecular weight is 437 g/mol. The Kier molecular flexibility index (Phi) is 7.12. The van der Waals surface area contributed by atoms with Crippen LogP contribution in [-0.4, -0.2) is 24.3 Å². The van der Waals surface area contributed by atoms with Crippen LogP contribution in [0.3, 0.4) is 0 Å². The number of rotatable bonds is 9. The lowest BCUT2D eigenvalue weighted by molar-refractivity contribution is -0.119. The fourth-order valence-electron chi connectivity index (χ4n) is 2.80. The van der Waals surface area contributed by atoms with Crippen molar-refractivity contribution < 1.29 is 28.3 Å². The van der Waals surface area contributed by atoms with Gasteiger partial charge in [-0.2, -0.15) is 0 Å². The lowest BCUT2D eigenvalue weighted by atomic mass is 10.1. The zero-order valence-electron chi connectivity index (χ0n) is 17.7. The van der Waals surface area contributed by atoms with Crippen LogP contribution >= 0.6 is 0 Å². The minimum Gasteiger partial charge on any atom is -0.485 e. The molecule has 1 aromatic heterocycles. The molecule has 9 nitrogen and oxygen atoms in total. The molecular weight excluding hydrogens is 414 g/mol. The Labute approximate surface area is 184 Å². The van der Waals surface area contributed by atoms with Gasteiger partial charge in [0.2, 0.25) is 5.76 Å². The molecule has 0 bridgehead atoms. The first kappa shape index (κ1) is 22.4. The number of nitrogens with zero attached hydrogens (tertiary/aromatic N) is 1. The van der Waals surface area contributed by atoms with Gasteiger partial charge in [-0.1, -0.05) is 23.4 Å². The number of para-hydroxylation sites is 1. The lowest BCUT2D eigenvalue weighted by Crippen LogP contribution is -2.20. The Morgan fingerprint density at radius 2 is 1.62 bits per heavy atom. The van der Waals surface area contributed by atoms with Crippen molar-refractivity contribution in [2.75, 3.05) is 6.61 Å². The first-order chi connectivity index (χ1) is 15.3. The highest BCUT2D eigenvalue weighted by Crippen LogP contribution is 2.24. The maximum Gasteiger partial charge on any atom is 0.400 e. The summed E-state index contributed by atoms with van der Waals surface area (Å²) in [6, 6.07) is 15.3. The van der Waals surface area contributed by atoms with Gasteiger partial charge in [-0.3, -0.25) is 4.79 Å². The number of oxime groups is 1. The number of amidine groups is 1. The maximum absolute atomic E-state index is 12.2. The fraction of sp³-hybridized carbons (Fsp3) is 0.174. The third-order valence-electron chi connectivity index (χ3n) is 4.39. The van der Waals surface area contributed by atoms with E-state index in [9.17, 15) is 9.59 Å². The molecule has 1 heterocycles. The Balaban J connectivity index is 1.56. The molecule has 4 N–H and O–H groups in total. The molecule has 0 unspecified atom stereocenters. The first-order valence-corrected chi connectivity index (χ1v) is 9.67. The lowest BCUT2D eigenvalue weighted by Gasteiger charge is -2.10. The van der Waals surface area contributed by atoms with Gasteiger partial charge in [-0.25, -0.2) is 4.79 Å². The number of aryl methyl sites for hydroxylation is 2. The molecule has 0 fully saturated rings. The number of amides is 1. The smallest absolute Gasteiger partial charge is 0.400 e. The molecular formula is C23H23N3O6. The zero-order chi connectivity index (χ0) is 23.1. The Morgan fingerprint density at radius 3 is 2.28 bits per heavy atom. The van der Waals surface area contributed by atoms with E-state index in [1.165, 1.54) is 6.07 Å². The van der Waals surface area contributed by atoms with Crippen LogP contribution in [0.5, 0.6) is 11.5 Å². The van der Waals surface area contributed by atoms with Crippen LogP contribution in [0.25, 0.3) is 0 Å². The zero-order valence-corrected chi connectivity index (χ0v) is 17.7. The topological polar surface area (TPSA) is 139 Å². The van der Waals surface area contributed by atoms with Gasteiger partial charge in [-0.15, -0.1) is 0 Å². The Hall–Kier alpha value is -4.27. The summed E-state index contributed by atoms with van der Waals surface area (Å²) in [7, 11) is 0. The summed E-state index contributed by atoms with van der Waals surface area (Å²) >= 11 is 0. The number of hydrogen-bond acceptors (Lipinski definition) is 7. The number of hydrogen-bond donors (Lipinski definition) is 2. The summed E-state index contributed by atoms with van der Waals surface area (Å²) < 4.78 is 16.5. The summed E-state index contributed by atoms with van der Waals surface area (Å²) in [5, 5.41) is 3.64. The van der Waals surface area contributed by atoms with Crippen LogP contribution in [-0.2, 0) is 16.2 Å². The van der Waals surface area contributed by atoms with Crippen molar-refractivity contribution in [2.45, 2.75) is 20.5 Å². The predicted molar refractivity (Wildman–Crippen MR) is 116 cm³/mol. The summed E-state index contributed by atoms with van der Waals surface area (Å²) in [5.74, 6) is 0.234. The fourth-order valence-corrected chi connectivity index (χ4v) is 2.80. The molecule has 0 radical (unpaired) electrons. The van der Waals surface area contributed by atoms with E-state index in [0.717, 1.165) is 16.9 Å². The van der Waals surface area contributed by atoms with Crippen molar-refractivity contribution in [2.24, 2.45) is 16.6 Å². The van der Waals surface area contributed by atoms with E-state index < -0.39 is 11.9 Å². The molecule has 32 heavy (non-hydrogen) atoms. The van der Waals surface area contributed by atoms with Crippen LogP contribution in [0.2, 0.25) is 0 Å². The molecule has 9 heteroatoms. The highest BCUT2D eigenvalue weighted by atomic mass is 16.7. The molecule has 0 aliphatic carbocycles. The van der Waals surface area contributed by atoms with Crippen molar-refractivity contribution >= 4 is 17.7 Å². The van der Waals surface area contributed by atoms with E-state index in [-0.39, 0.29) is 24.8 Å². The summed E-state index contributed by atoms with van der Waals surface area (Å²) in [6.07, 6.45) is 0. The second-order valence-corrected chi connectivity index (χ2v) is 6.91. The van der Waals surface area contributed by atoms with E-state index in [1.54, 1.807) is 30.3 Å². The number of carbonyl (C=O) groups is 2. The number of furan rings is 1. The van der Waals surface area contributed by atoms with E-state index in [0.29, 0.717) is 17.1 Å². The molecule has 3 aromatic rings. The monoisotopic (exact) mass is 437 g/mol. The number of ether oxygens (including phenoxy) is 2. The van der Waals surface area contributed by atoms with Gasteiger partial charge < -0.3 is 30.2 Å². The normalized spacial score (nSPS) is 11.1. The van der Waals surface area contributed by atoms with E-state index in [2.05, 4.69) is 5.16 Å². The van der Waals surface area contributed by atoms with Gasteiger partial charge in [0.1, 0.15) is 23.9 Å². The number of benzene rings is 2. The largest absolute Gasteiger partial charge is 0.485 e. The van der Waals surface area contributed by atoms with E-state index in [4.69, 9.17) is 30.2 Å². The molecule has 0 saturated carbocycles. The quantitative estimate of drug-likeness (QED) is 0.227. The molecule has 3 rings (SSSR count). The molecule has 2 aromatic carbocycles. The van der Waals surface area contributed by atoms with Gasteiger partial charge >= 0.3 is 5.97 Å². The van der Waals surface area contributed by atoms with Crippen LogP contribution in [0.4, 0.5) is 0 Å². The molecule has 0 aliphatic heterocycles. The second-order valence-electron chi connectivity index (χ2n) is 6.91. The van der Waals surface area contributed by atoms with Crippen LogP contribution in [0, 0.1) is 13.8 Å². The highest BCUT2D eigenvalue weighted by Gasteiger charge is 2.15. The Bertz CT molecular complexity index is 1110. The van der Waals surface area contributed by atoms with Crippen molar-refractivity contribution in [3.8, 4) is 11.5 Å². The third-order valence-corrected chi connectivity index (χ3v) is 4.39. The van der Waals surface area contributed by atoms with E-state index in [1.807, 2.05) is 32.0 Å².